The van der Waals surface area contributed by atoms with Gasteiger partial charge in [0, 0.05) is 30.3 Å². The Morgan fingerprint density at radius 3 is 2.90 bits per heavy atom. The van der Waals surface area contributed by atoms with Crippen molar-refractivity contribution >= 4 is 29.3 Å². The van der Waals surface area contributed by atoms with Crippen LogP contribution in [0.1, 0.15) is 24.0 Å². The fourth-order valence-electron chi connectivity index (χ4n) is 1.67. The van der Waals surface area contributed by atoms with E-state index in [0.717, 1.165) is 34.1 Å². The van der Waals surface area contributed by atoms with Gasteiger partial charge in [-0.1, -0.05) is 23.7 Å². The maximum absolute atomic E-state index is 11.7. The topological polar surface area (TPSA) is 49.3 Å². The molecule has 0 aliphatic carbocycles. The number of nitrogens with one attached hydrogen (secondary N) is 1. The maximum Gasteiger partial charge on any atom is 0.220 e. The highest BCUT2D eigenvalue weighted by Gasteiger charge is 2.03. The van der Waals surface area contributed by atoms with Crippen molar-refractivity contribution in [3.8, 4) is 0 Å². The van der Waals surface area contributed by atoms with Gasteiger partial charge in [-0.3, -0.25) is 4.79 Å². The Morgan fingerprint density at radius 2 is 2.20 bits per heavy atom. The molecule has 112 valence electrons. The summed E-state index contributed by atoms with van der Waals surface area (Å²) in [5, 5.41) is 12.3. The number of amides is 1. The number of hydrogen-bond acceptors (Lipinski definition) is 3. The first-order chi connectivity index (χ1) is 9.63. The molecule has 0 unspecified atom stereocenters. The molecule has 20 heavy (non-hydrogen) atoms. The Bertz CT molecular complexity index is 426. The van der Waals surface area contributed by atoms with Gasteiger partial charge in [-0.2, -0.15) is 11.8 Å². The van der Waals surface area contributed by atoms with E-state index in [2.05, 4.69) is 5.32 Å². The fourth-order valence-corrected chi connectivity index (χ4v) is 2.66. The predicted octanol–water partition coefficient (Wildman–Crippen LogP) is 2.81. The standard InChI is InChI=1S/C15H22ClNO2S/c1-12-3-4-13(11-14(12)16)5-6-15(19)17-7-10-20-9-2-8-18/h3-4,11,18H,2,5-10H2,1H3,(H,17,19). The summed E-state index contributed by atoms with van der Waals surface area (Å²) in [4.78, 5) is 11.7. The van der Waals surface area contributed by atoms with E-state index < -0.39 is 0 Å². The van der Waals surface area contributed by atoms with E-state index in [4.69, 9.17) is 16.7 Å². The first-order valence-corrected chi connectivity index (χ1v) is 8.37. The van der Waals surface area contributed by atoms with Crippen molar-refractivity contribution in [1.82, 2.24) is 5.32 Å². The first-order valence-electron chi connectivity index (χ1n) is 6.84. The minimum atomic E-state index is 0.0736. The molecule has 0 spiro atoms. The monoisotopic (exact) mass is 315 g/mol. The van der Waals surface area contributed by atoms with E-state index in [1.165, 1.54) is 0 Å². The number of aliphatic hydroxyl groups is 1. The molecule has 0 radical (unpaired) electrons. The molecule has 0 aliphatic heterocycles. The summed E-state index contributed by atoms with van der Waals surface area (Å²) in [5.74, 6) is 1.90. The quantitative estimate of drug-likeness (QED) is 0.689. The van der Waals surface area contributed by atoms with Crippen LogP contribution in [0.5, 0.6) is 0 Å². The number of hydrogen-bond donors (Lipinski definition) is 2. The molecule has 0 saturated heterocycles. The van der Waals surface area contributed by atoms with Gasteiger partial charge in [-0.15, -0.1) is 0 Å². The highest BCUT2D eigenvalue weighted by Crippen LogP contribution is 2.17. The number of aliphatic hydroxyl groups excluding tert-OH is 1. The maximum atomic E-state index is 11.7. The number of benzene rings is 1. The average molecular weight is 316 g/mol. The molecular formula is C15H22ClNO2S. The molecule has 2 N–H and O–H groups in total. The normalized spacial score (nSPS) is 10.6. The molecular weight excluding hydrogens is 294 g/mol. The highest BCUT2D eigenvalue weighted by molar-refractivity contribution is 7.99. The number of carbonyl (C=O) groups excluding carboxylic acids is 1. The predicted molar refractivity (Wildman–Crippen MR) is 86.5 cm³/mol. The Labute approximate surface area is 130 Å². The van der Waals surface area contributed by atoms with Gasteiger partial charge in [0.1, 0.15) is 0 Å². The third-order valence-corrected chi connectivity index (χ3v) is 4.37. The lowest BCUT2D eigenvalue weighted by molar-refractivity contribution is -0.120. The smallest absolute Gasteiger partial charge is 0.220 e. The second-order valence-corrected chi connectivity index (χ2v) is 6.25. The second kappa shape index (κ2) is 10.1. The van der Waals surface area contributed by atoms with Gasteiger partial charge >= 0.3 is 0 Å². The van der Waals surface area contributed by atoms with Gasteiger partial charge < -0.3 is 10.4 Å². The van der Waals surface area contributed by atoms with Crippen LogP contribution in [0.4, 0.5) is 0 Å². The van der Waals surface area contributed by atoms with Gasteiger partial charge in [-0.25, -0.2) is 0 Å². The van der Waals surface area contributed by atoms with Crippen LogP contribution in [0.15, 0.2) is 18.2 Å². The SMILES string of the molecule is Cc1ccc(CCC(=O)NCCSCCCO)cc1Cl. The molecule has 0 aliphatic rings. The van der Waals surface area contributed by atoms with Crippen molar-refractivity contribution in [2.24, 2.45) is 0 Å². The molecule has 0 fully saturated rings. The van der Waals surface area contributed by atoms with E-state index >= 15 is 0 Å². The van der Waals surface area contributed by atoms with E-state index in [1.807, 2.05) is 25.1 Å². The molecule has 1 aromatic rings. The Morgan fingerprint density at radius 1 is 1.40 bits per heavy atom. The van der Waals surface area contributed by atoms with E-state index in [-0.39, 0.29) is 12.5 Å². The summed E-state index contributed by atoms with van der Waals surface area (Å²) in [6.45, 7) is 2.88. The Hall–Kier alpha value is -0.710. The Balaban J connectivity index is 2.15. The second-order valence-electron chi connectivity index (χ2n) is 4.62. The molecule has 5 heteroatoms. The number of aryl methyl sites for hydroxylation is 2. The average Bonchev–Trinajstić information content (AvgIpc) is 2.44. The lowest BCUT2D eigenvalue weighted by Gasteiger charge is -2.06. The minimum Gasteiger partial charge on any atom is -0.396 e. The van der Waals surface area contributed by atoms with Crippen LogP contribution in [0.3, 0.4) is 0 Å². The molecule has 1 amide bonds. The van der Waals surface area contributed by atoms with Crippen molar-refractivity contribution in [3.63, 3.8) is 0 Å². The fraction of sp³-hybridized carbons (Fsp3) is 0.533. The molecule has 0 bridgehead atoms. The van der Waals surface area contributed by atoms with Gasteiger partial charge in [0.15, 0.2) is 0 Å². The third kappa shape index (κ3) is 7.17. The van der Waals surface area contributed by atoms with Gasteiger partial charge in [0.05, 0.1) is 0 Å². The summed E-state index contributed by atoms with van der Waals surface area (Å²) >= 11 is 7.80. The molecule has 0 atom stereocenters. The largest absolute Gasteiger partial charge is 0.396 e. The van der Waals surface area contributed by atoms with Crippen LogP contribution in [0.2, 0.25) is 5.02 Å². The Kier molecular flexibility index (Phi) is 8.74. The molecule has 1 aromatic carbocycles. The molecule has 3 nitrogen and oxygen atoms in total. The highest BCUT2D eigenvalue weighted by atomic mass is 35.5. The van der Waals surface area contributed by atoms with Crippen LogP contribution < -0.4 is 5.32 Å². The van der Waals surface area contributed by atoms with Crippen LogP contribution in [0, 0.1) is 6.92 Å². The van der Waals surface area contributed by atoms with Crippen LogP contribution >= 0.6 is 23.4 Å². The van der Waals surface area contributed by atoms with Crippen molar-refractivity contribution in [1.29, 1.82) is 0 Å². The molecule has 0 saturated carbocycles. The van der Waals surface area contributed by atoms with Crippen molar-refractivity contribution in [2.45, 2.75) is 26.2 Å². The summed E-state index contributed by atoms with van der Waals surface area (Å²) in [5.41, 5.74) is 2.15. The van der Waals surface area contributed by atoms with Crippen LogP contribution in [0.25, 0.3) is 0 Å². The van der Waals surface area contributed by atoms with Gasteiger partial charge in [0.2, 0.25) is 5.91 Å². The van der Waals surface area contributed by atoms with Crippen molar-refractivity contribution < 1.29 is 9.90 Å². The minimum absolute atomic E-state index is 0.0736. The first kappa shape index (κ1) is 17.3. The third-order valence-electron chi connectivity index (χ3n) is 2.89. The molecule has 0 heterocycles. The van der Waals surface area contributed by atoms with Crippen LogP contribution in [-0.4, -0.2) is 35.7 Å². The summed E-state index contributed by atoms with van der Waals surface area (Å²) < 4.78 is 0. The number of thioether (sulfide) groups is 1. The lowest BCUT2D eigenvalue weighted by atomic mass is 10.1. The van der Waals surface area contributed by atoms with E-state index in [1.54, 1.807) is 11.8 Å². The van der Waals surface area contributed by atoms with Crippen molar-refractivity contribution in [3.05, 3.63) is 34.3 Å². The number of halogens is 1. The zero-order valence-electron chi connectivity index (χ0n) is 11.8. The zero-order valence-corrected chi connectivity index (χ0v) is 13.4. The number of rotatable bonds is 9. The molecule has 1 rings (SSSR count). The van der Waals surface area contributed by atoms with E-state index in [0.29, 0.717) is 19.4 Å². The number of carbonyl (C=O) groups is 1. The summed E-state index contributed by atoms with van der Waals surface area (Å²) in [6, 6.07) is 5.92. The lowest BCUT2D eigenvalue weighted by Crippen LogP contribution is -2.26. The zero-order chi connectivity index (χ0) is 14.8. The summed E-state index contributed by atoms with van der Waals surface area (Å²) in [6.07, 6.45) is 2.01. The summed E-state index contributed by atoms with van der Waals surface area (Å²) in [7, 11) is 0. The molecule has 0 aromatic heterocycles. The van der Waals surface area contributed by atoms with Gasteiger partial charge in [0.25, 0.3) is 0 Å². The van der Waals surface area contributed by atoms with E-state index in [9.17, 15) is 4.79 Å². The van der Waals surface area contributed by atoms with Crippen LogP contribution in [-0.2, 0) is 11.2 Å². The van der Waals surface area contributed by atoms with Gasteiger partial charge in [-0.05, 0) is 42.7 Å². The van der Waals surface area contributed by atoms with Crippen molar-refractivity contribution in [2.75, 3.05) is 24.7 Å².